The third-order valence-electron chi connectivity index (χ3n) is 2.69. The van der Waals surface area contributed by atoms with E-state index in [-0.39, 0.29) is 24.4 Å². The van der Waals surface area contributed by atoms with Gasteiger partial charge in [-0.15, -0.1) is 12.4 Å². The van der Waals surface area contributed by atoms with Crippen molar-refractivity contribution >= 4 is 18.4 Å². The van der Waals surface area contributed by atoms with Crippen LogP contribution in [0, 0.1) is 0 Å². The van der Waals surface area contributed by atoms with Gasteiger partial charge < -0.3 is 10.5 Å². The normalized spacial score (nSPS) is 17.9. The molecule has 3 nitrogen and oxygen atoms in total. The summed E-state index contributed by atoms with van der Waals surface area (Å²) in [5.74, 6) is -0.284. The van der Waals surface area contributed by atoms with Gasteiger partial charge in [0.25, 0.3) is 0 Å². The van der Waals surface area contributed by atoms with Crippen molar-refractivity contribution in [1.29, 1.82) is 0 Å². The third kappa shape index (κ3) is 2.13. The molecule has 0 aromatic heterocycles. The van der Waals surface area contributed by atoms with E-state index in [0.29, 0.717) is 5.56 Å². The third-order valence-corrected chi connectivity index (χ3v) is 2.69. The first-order chi connectivity index (χ1) is 6.72. The van der Waals surface area contributed by atoms with Crippen LogP contribution in [0.2, 0.25) is 0 Å². The van der Waals surface area contributed by atoms with Gasteiger partial charge in [-0.3, -0.25) is 0 Å². The first-order valence-corrected chi connectivity index (χ1v) is 4.69. The van der Waals surface area contributed by atoms with Crippen molar-refractivity contribution in [3.8, 4) is 0 Å². The van der Waals surface area contributed by atoms with Crippen LogP contribution in [0.25, 0.3) is 0 Å². The van der Waals surface area contributed by atoms with Gasteiger partial charge in [-0.2, -0.15) is 0 Å². The monoisotopic (exact) mass is 227 g/mol. The largest absolute Gasteiger partial charge is 0.465 e. The average molecular weight is 228 g/mol. The molecular weight excluding hydrogens is 214 g/mol. The van der Waals surface area contributed by atoms with Crippen LogP contribution in [0.1, 0.15) is 33.9 Å². The predicted octanol–water partition coefficient (Wildman–Crippen LogP) is 1.84. The molecule has 4 heteroatoms. The first-order valence-electron chi connectivity index (χ1n) is 4.69. The summed E-state index contributed by atoms with van der Waals surface area (Å²) in [4.78, 5) is 11.2. The molecule has 1 aliphatic carbocycles. The molecule has 15 heavy (non-hydrogen) atoms. The fraction of sp³-hybridized carbons (Fsp3) is 0.364. The van der Waals surface area contributed by atoms with E-state index in [1.807, 2.05) is 12.1 Å². The maximum Gasteiger partial charge on any atom is 0.337 e. The lowest BCUT2D eigenvalue weighted by Crippen LogP contribution is -2.06. The number of hydrogen-bond acceptors (Lipinski definition) is 3. The Morgan fingerprint density at radius 1 is 1.53 bits per heavy atom. The Kier molecular flexibility index (Phi) is 3.72. The average Bonchev–Trinajstić information content (AvgIpc) is 2.59. The summed E-state index contributed by atoms with van der Waals surface area (Å²) in [5, 5.41) is 0. The zero-order valence-corrected chi connectivity index (χ0v) is 9.34. The van der Waals surface area contributed by atoms with Crippen molar-refractivity contribution in [2.75, 3.05) is 7.11 Å². The molecule has 1 atom stereocenters. The number of methoxy groups -OCH3 is 1. The Morgan fingerprint density at radius 2 is 2.27 bits per heavy atom. The van der Waals surface area contributed by atoms with Gasteiger partial charge in [0.1, 0.15) is 0 Å². The van der Waals surface area contributed by atoms with E-state index in [2.05, 4.69) is 4.74 Å². The van der Waals surface area contributed by atoms with Crippen LogP contribution >= 0.6 is 12.4 Å². The van der Waals surface area contributed by atoms with Crippen LogP contribution in [-0.2, 0) is 11.2 Å². The highest BCUT2D eigenvalue weighted by atomic mass is 35.5. The molecule has 1 aromatic carbocycles. The number of esters is 1. The number of aryl methyl sites for hydroxylation is 1. The molecule has 0 saturated carbocycles. The number of fused-ring (bicyclic) bond motifs is 1. The van der Waals surface area contributed by atoms with E-state index in [0.717, 1.165) is 18.4 Å². The molecule has 0 radical (unpaired) electrons. The van der Waals surface area contributed by atoms with Crippen molar-refractivity contribution in [2.24, 2.45) is 5.73 Å². The van der Waals surface area contributed by atoms with E-state index in [1.165, 1.54) is 12.7 Å². The van der Waals surface area contributed by atoms with Crippen molar-refractivity contribution in [3.05, 3.63) is 34.9 Å². The molecule has 0 amide bonds. The topological polar surface area (TPSA) is 52.3 Å². The van der Waals surface area contributed by atoms with Crippen LogP contribution in [-0.4, -0.2) is 13.1 Å². The molecule has 1 aliphatic rings. The highest BCUT2D eigenvalue weighted by molar-refractivity contribution is 5.89. The minimum absolute atomic E-state index is 0. The van der Waals surface area contributed by atoms with Gasteiger partial charge in [0, 0.05) is 6.04 Å². The Balaban J connectivity index is 0.00000112. The molecule has 0 unspecified atom stereocenters. The Labute approximate surface area is 95.0 Å². The summed E-state index contributed by atoms with van der Waals surface area (Å²) in [5.41, 5.74) is 8.85. The van der Waals surface area contributed by atoms with Gasteiger partial charge in [0.05, 0.1) is 12.7 Å². The minimum atomic E-state index is -0.284. The Bertz CT molecular complexity index is 379. The van der Waals surface area contributed by atoms with Gasteiger partial charge in [0.15, 0.2) is 0 Å². The number of carbonyl (C=O) groups is 1. The van der Waals surface area contributed by atoms with E-state index >= 15 is 0 Å². The molecule has 0 saturated heterocycles. The zero-order valence-electron chi connectivity index (χ0n) is 8.53. The summed E-state index contributed by atoms with van der Waals surface area (Å²) in [7, 11) is 1.39. The lowest BCUT2D eigenvalue weighted by atomic mass is 10.1. The van der Waals surface area contributed by atoms with Crippen LogP contribution in [0.4, 0.5) is 0 Å². The fourth-order valence-electron chi connectivity index (χ4n) is 1.90. The molecule has 2 rings (SSSR count). The van der Waals surface area contributed by atoms with Crippen molar-refractivity contribution in [3.63, 3.8) is 0 Å². The van der Waals surface area contributed by atoms with Gasteiger partial charge in [-0.05, 0) is 36.1 Å². The molecule has 0 spiro atoms. The summed E-state index contributed by atoms with van der Waals surface area (Å²) in [6.07, 6.45) is 1.93. The van der Waals surface area contributed by atoms with E-state index in [9.17, 15) is 4.79 Å². The van der Waals surface area contributed by atoms with Crippen molar-refractivity contribution in [2.45, 2.75) is 18.9 Å². The molecule has 1 aromatic rings. The fourth-order valence-corrected chi connectivity index (χ4v) is 1.90. The van der Waals surface area contributed by atoms with E-state index in [1.54, 1.807) is 6.07 Å². The van der Waals surface area contributed by atoms with Gasteiger partial charge >= 0.3 is 5.97 Å². The number of rotatable bonds is 1. The number of benzene rings is 1. The van der Waals surface area contributed by atoms with Gasteiger partial charge in [-0.1, -0.05) is 6.07 Å². The Hall–Kier alpha value is -1.06. The highest BCUT2D eigenvalue weighted by Gasteiger charge is 2.20. The Morgan fingerprint density at radius 3 is 2.93 bits per heavy atom. The molecular formula is C11H14ClNO2. The first kappa shape index (κ1) is 12.0. The quantitative estimate of drug-likeness (QED) is 0.745. The standard InChI is InChI=1S/C11H13NO2.ClH/c1-14-11(13)8-2-4-9-7(6-8)3-5-10(9)12;/h2,4,6,10H,3,5,12H2,1H3;1H/t10-;/m0./s1. The predicted molar refractivity (Wildman–Crippen MR) is 60.3 cm³/mol. The maximum absolute atomic E-state index is 11.2. The number of halogens is 1. The number of nitrogens with two attached hydrogens (primary N) is 1. The second-order valence-corrected chi connectivity index (χ2v) is 3.55. The smallest absolute Gasteiger partial charge is 0.337 e. The highest BCUT2D eigenvalue weighted by Crippen LogP contribution is 2.29. The molecule has 82 valence electrons. The van der Waals surface area contributed by atoms with E-state index < -0.39 is 0 Å². The van der Waals surface area contributed by atoms with Gasteiger partial charge in [0.2, 0.25) is 0 Å². The van der Waals surface area contributed by atoms with Crippen molar-refractivity contribution in [1.82, 2.24) is 0 Å². The zero-order chi connectivity index (χ0) is 10.1. The van der Waals surface area contributed by atoms with E-state index in [4.69, 9.17) is 5.73 Å². The molecule has 0 fully saturated rings. The second-order valence-electron chi connectivity index (χ2n) is 3.55. The summed E-state index contributed by atoms with van der Waals surface area (Å²) >= 11 is 0. The minimum Gasteiger partial charge on any atom is -0.465 e. The summed E-state index contributed by atoms with van der Waals surface area (Å²) in [6, 6.07) is 5.72. The number of carbonyl (C=O) groups excluding carboxylic acids is 1. The second kappa shape index (κ2) is 4.64. The molecule has 0 aliphatic heterocycles. The molecule has 0 bridgehead atoms. The van der Waals surface area contributed by atoms with Crippen LogP contribution in [0.15, 0.2) is 18.2 Å². The van der Waals surface area contributed by atoms with Crippen LogP contribution in [0.5, 0.6) is 0 Å². The number of hydrogen-bond donors (Lipinski definition) is 1. The van der Waals surface area contributed by atoms with Gasteiger partial charge in [-0.25, -0.2) is 4.79 Å². The lowest BCUT2D eigenvalue weighted by Gasteiger charge is -2.05. The molecule has 0 heterocycles. The number of ether oxygens (including phenoxy) is 1. The van der Waals surface area contributed by atoms with Crippen molar-refractivity contribution < 1.29 is 9.53 Å². The molecule has 2 N–H and O–H groups in total. The summed E-state index contributed by atoms with van der Waals surface area (Å²) in [6.45, 7) is 0. The van der Waals surface area contributed by atoms with Crippen LogP contribution < -0.4 is 5.73 Å². The maximum atomic E-state index is 11.2. The summed E-state index contributed by atoms with van der Waals surface area (Å²) < 4.78 is 4.65. The lowest BCUT2D eigenvalue weighted by molar-refractivity contribution is 0.0600. The van der Waals surface area contributed by atoms with Crippen LogP contribution in [0.3, 0.4) is 0 Å². The SMILES string of the molecule is COC(=O)c1ccc2c(c1)CC[C@@H]2N.Cl.